The number of hydrogen-bond acceptors (Lipinski definition) is 3. The predicted octanol–water partition coefficient (Wildman–Crippen LogP) is 4.18. The first-order valence-electron chi connectivity index (χ1n) is 8.41. The number of halogens is 4. The van der Waals surface area contributed by atoms with Gasteiger partial charge in [0, 0.05) is 18.0 Å². The molecule has 0 bridgehead atoms. The second-order valence-corrected chi connectivity index (χ2v) is 6.52. The third-order valence-electron chi connectivity index (χ3n) is 4.82. The number of hydrogen-bond donors (Lipinski definition) is 0. The van der Waals surface area contributed by atoms with Crippen molar-refractivity contribution >= 4 is 17.6 Å². The molecule has 144 valence electrons. The predicted molar refractivity (Wildman–Crippen MR) is 90.7 cm³/mol. The number of amides is 1. The van der Waals surface area contributed by atoms with Crippen LogP contribution in [0.3, 0.4) is 0 Å². The summed E-state index contributed by atoms with van der Waals surface area (Å²) in [4.78, 5) is 26.2. The topological polar surface area (TPSA) is 46.6 Å². The van der Waals surface area contributed by atoms with Crippen LogP contribution in [-0.4, -0.2) is 18.5 Å². The second kappa shape index (κ2) is 6.47. The van der Waals surface area contributed by atoms with Crippen molar-refractivity contribution < 1.29 is 31.9 Å². The fourth-order valence-electron chi connectivity index (χ4n) is 3.55. The number of benzene rings is 2. The Bertz CT molecular complexity index is 995. The molecule has 0 saturated carbocycles. The van der Waals surface area contributed by atoms with E-state index < -0.39 is 35.4 Å². The number of ether oxygens (including phenoxy) is 1. The summed E-state index contributed by atoms with van der Waals surface area (Å²) in [5.74, 6) is -2.20. The fourth-order valence-corrected chi connectivity index (χ4v) is 3.55. The van der Waals surface area contributed by atoms with Crippen LogP contribution >= 0.6 is 0 Å². The Labute approximate surface area is 157 Å². The molecule has 0 N–H and O–H groups in total. The molecule has 2 aromatic rings. The molecule has 1 unspecified atom stereocenters. The summed E-state index contributed by atoms with van der Waals surface area (Å²) in [5.41, 5.74) is 0.109. The van der Waals surface area contributed by atoms with E-state index in [0.29, 0.717) is 5.56 Å². The van der Waals surface area contributed by atoms with Crippen molar-refractivity contribution in [2.75, 3.05) is 11.5 Å². The Balaban J connectivity index is 1.81. The number of esters is 1. The molecule has 0 saturated heterocycles. The minimum atomic E-state index is -4.56. The Morgan fingerprint density at radius 3 is 2.43 bits per heavy atom. The SMILES string of the molecule is O=C1OCC2=C1C(c1ccc(F)cc1)CC(=O)N2c1cccc(C(F)(F)F)c1. The maximum Gasteiger partial charge on any atom is 0.416 e. The molecule has 4 rings (SSSR count). The van der Waals surface area contributed by atoms with Crippen LogP contribution in [0, 0.1) is 5.82 Å². The molecule has 0 radical (unpaired) electrons. The van der Waals surface area contributed by atoms with Crippen LogP contribution in [0.2, 0.25) is 0 Å². The molecule has 0 aliphatic carbocycles. The molecule has 2 heterocycles. The average Bonchev–Trinajstić information content (AvgIpc) is 3.03. The van der Waals surface area contributed by atoms with E-state index in [1.54, 1.807) is 0 Å². The zero-order chi connectivity index (χ0) is 20.1. The van der Waals surface area contributed by atoms with Crippen LogP contribution in [0.25, 0.3) is 0 Å². The van der Waals surface area contributed by atoms with Gasteiger partial charge >= 0.3 is 12.1 Å². The Kier molecular flexibility index (Phi) is 4.21. The lowest BCUT2D eigenvalue weighted by Crippen LogP contribution is -2.37. The number of carbonyl (C=O) groups is 2. The summed E-state index contributed by atoms with van der Waals surface area (Å²) in [6.45, 7) is -0.214. The number of alkyl halides is 3. The standard InChI is InChI=1S/C20H13F4NO3/c21-13-6-4-11(5-7-13)15-9-17(26)25(16-10-28-19(27)18(15)16)14-3-1-2-12(8-14)20(22,23)24/h1-8,15H,9-10H2. The first kappa shape index (κ1) is 18.2. The van der Waals surface area contributed by atoms with Crippen LogP contribution < -0.4 is 4.90 Å². The number of rotatable bonds is 2. The highest BCUT2D eigenvalue weighted by atomic mass is 19.4. The fraction of sp³-hybridized carbons (Fsp3) is 0.200. The van der Waals surface area contributed by atoms with Crippen molar-refractivity contribution in [2.24, 2.45) is 0 Å². The molecule has 8 heteroatoms. The van der Waals surface area contributed by atoms with E-state index >= 15 is 0 Å². The monoisotopic (exact) mass is 391 g/mol. The minimum absolute atomic E-state index is 0.0168. The van der Waals surface area contributed by atoms with Crippen molar-refractivity contribution in [1.82, 2.24) is 0 Å². The largest absolute Gasteiger partial charge is 0.456 e. The normalized spacial score (nSPS) is 19.7. The average molecular weight is 391 g/mol. The molecular formula is C20H13F4NO3. The Hall–Kier alpha value is -3.16. The van der Waals surface area contributed by atoms with Gasteiger partial charge < -0.3 is 4.74 Å². The van der Waals surface area contributed by atoms with E-state index in [0.717, 1.165) is 17.0 Å². The Morgan fingerprint density at radius 1 is 1.04 bits per heavy atom. The molecular weight excluding hydrogens is 378 g/mol. The van der Waals surface area contributed by atoms with Gasteiger partial charge in [0.05, 0.1) is 16.8 Å². The molecule has 0 spiro atoms. The van der Waals surface area contributed by atoms with Gasteiger partial charge in [-0.05, 0) is 35.9 Å². The van der Waals surface area contributed by atoms with Gasteiger partial charge in [-0.2, -0.15) is 13.2 Å². The van der Waals surface area contributed by atoms with E-state index in [9.17, 15) is 27.2 Å². The van der Waals surface area contributed by atoms with Crippen molar-refractivity contribution in [1.29, 1.82) is 0 Å². The van der Waals surface area contributed by atoms with Gasteiger partial charge in [0.2, 0.25) is 5.91 Å². The molecule has 2 aliphatic rings. The first-order chi connectivity index (χ1) is 13.3. The van der Waals surface area contributed by atoms with E-state index in [-0.39, 0.29) is 30.0 Å². The highest BCUT2D eigenvalue weighted by Gasteiger charge is 2.43. The molecule has 2 aromatic carbocycles. The highest BCUT2D eigenvalue weighted by Crippen LogP contribution is 2.42. The van der Waals surface area contributed by atoms with Crippen LogP contribution in [0.15, 0.2) is 59.8 Å². The van der Waals surface area contributed by atoms with Crippen LogP contribution in [0.1, 0.15) is 23.5 Å². The first-order valence-corrected chi connectivity index (χ1v) is 8.41. The number of cyclic esters (lactones) is 1. The molecule has 1 atom stereocenters. The molecule has 0 fully saturated rings. The lowest BCUT2D eigenvalue weighted by molar-refractivity contribution is -0.138. The maximum absolute atomic E-state index is 13.2. The summed E-state index contributed by atoms with van der Waals surface area (Å²) in [5, 5.41) is 0. The van der Waals surface area contributed by atoms with Gasteiger partial charge in [0.25, 0.3) is 0 Å². The van der Waals surface area contributed by atoms with Gasteiger partial charge in [-0.3, -0.25) is 9.69 Å². The van der Waals surface area contributed by atoms with Crippen LogP contribution in [-0.2, 0) is 20.5 Å². The molecule has 4 nitrogen and oxygen atoms in total. The van der Waals surface area contributed by atoms with E-state index in [1.807, 2.05) is 0 Å². The van der Waals surface area contributed by atoms with Gasteiger partial charge in [-0.25, -0.2) is 9.18 Å². The van der Waals surface area contributed by atoms with Crippen LogP contribution in [0.5, 0.6) is 0 Å². The quantitative estimate of drug-likeness (QED) is 0.570. The Morgan fingerprint density at radius 2 is 1.75 bits per heavy atom. The van der Waals surface area contributed by atoms with Gasteiger partial charge in [-0.15, -0.1) is 0 Å². The molecule has 1 amide bonds. The van der Waals surface area contributed by atoms with Crippen LogP contribution in [0.4, 0.5) is 23.2 Å². The number of carbonyl (C=O) groups excluding carboxylic acids is 2. The van der Waals surface area contributed by atoms with Gasteiger partial charge in [-0.1, -0.05) is 18.2 Å². The van der Waals surface area contributed by atoms with Gasteiger partial charge in [0.1, 0.15) is 12.4 Å². The molecule has 0 aromatic heterocycles. The third kappa shape index (κ3) is 3.04. The molecule has 28 heavy (non-hydrogen) atoms. The summed E-state index contributed by atoms with van der Waals surface area (Å²) >= 11 is 0. The maximum atomic E-state index is 13.2. The van der Waals surface area contributed by atoms with Crippen molar-refractivity contribution in [3.8, 4) is 0 Å². The zero-order valence-electron chi connectivity index (χ0n) is 14.3. The lowest BCUT2D eigenvalue weighted by Gasteiger charge is -2.32. The molecule has 2 aliphatic heterocycles. The smallest absolute Gasteiger partial charge is 0.416 e. The summed E-state index contributed by atoms with van der Waals surface area (Å²) in [6.07, 6.45) is -4.71. The zero-order valence-corrected chi connectivity index (χ0v) is 14.3. The minimum Gasteiger partial charge on any atom is -0.456 e. The second-order valence-electron chi connectivity index (χ2n) is 6.52. The number of anilines is 1. The summed E-state index contributed by atoms with van der Waals surface area (Å²) < 4.78 is 57.5. The van der Waals surface area contributed by atoms with Crippen molar-refractivity contribution in [3.05, 3.63) is 76.7 Å². The summed E-state index contributed by atoms with van der Waals surface area (Å²) in [7, 11) is 0. The van der Waals surface area contributed by atoms with E-state index in [2.05, 4.69) is 0 Å². The lowest BCUT2D eigenvalue weighted by atomic mass is 9.84. The highest BCUT2D eigenvalue weighted by molar-refractivity contribution is 6.06. The third-order valence-corrected chi connectivity index (χ3v) is 4.82. The van der Waals surface area contributed by atoms with Gasteiger partial charge in [0.15, 0.2) is 0 Å². The van der Waals surface area contributed by atoms with Crippen molar-refractivity contribution in [2.45, 2.75) is 18.5 Å². The van der Waals surface area contributed by atoms with Crippen molar-refractivity contribution in [3.63, 3.8) is 0 Å². The van der Waals surface area contributed by atoms with E-state index in [4.69, 9.17) is 4.74 Å². The summed E-state index contributed by atoms with van der Waals surface area (Å²) in [6, 6.07) is 9.74. The van der Waals surface area contributed by atoms with E-state index in [1.165, 1.54) is 36.4 Å². The number of nitrogens with zero attached hydrogens (tertiary/aromatic N) is 1.